The predicted octanol–water partition coefficient (Wildman–Crippen LogP) is -0.0644. The molecule has 116 valence electrons. The lowest BCUT2D eigenvalue weighted by molar-refractivity contribution is -0.147. The van der Waals surface area contributed by atoms with Gasteiger partial charge in [0, 0.05) is 26.2 Å². The molecule has 6 nitrogen and oxygen atoms in total. The number of carbonyl (C=O) groups excluding carboxylic acids is 3. The highest BCUT2D eigenvalue weighted by Crippen LogP contribution is 2.37. The van der Waals surface area contributed by atoms with Crippen LogP contribution in [-0.2, 0) is 14.4 Å². The van der Waals surface area contributed by atoms with Crippen molar-refractivity contribution in [3.05, 3.63) is 0 Å². The maximum atomic E-state index is 12.3. The zero-order valence-electron chi connectivity index (χ0n) is 12.6. The fraction of sp³-hybridized carbons (Fsp3) is 0.800. The lowest BCUT2D eigenvalue weighted by Gasteiger charge is -2.33. The van der Waals surface area contributed by atoms with Crippen molar-refractivity contribution >= 4 is 17.7 Å². The first-order valence-corrected chi connectivity index (χ1v) is 7.89. The second kappa shape index (κ2) is 5.75. The van der Waals surface area contributed by atoms with E-state index in [1.54, 1.807) is 4.90 Å². The summed E-state index contributed by atoms with van der Waals surface area (Å²) >= 11 is 0. The van der Waals surface area contributed by atoms with Crippen molar-refractivity contribution in [2.45, 2.75) is 25.7 Å². The molecular formula is C15H23N3O3. The van der Waals surface area contributed by atoms with Crippen molar-refractivity contribution in [1.82, 2.24) is 14.7 Å². The van der Waals surface area contributed by atoms with E-state index in [-0.39, 0.29) is 36.1 Å². The Balaban J connectivity index is 1.63. The first-order chi connectivity index (χ1) is 10.1. The van der Waals surface area contributed by atoms with E-state index in [2.05, 4.69) is 4.90 Å². The second-order valence-electron chi connectivity index (χ2n) is 6.44. The number of carbonyl (C=O) groups is 3. The maximum absolute atomic E-state index is 12.3. The van der Waals surface area contributed by atoms with E-state index in [0.717, 1.165) is 38.8 Å². The summed E-state index contributed by atoms with van der Waals surface area (Å²) in [6, 6.07) is 0. The van der Waals surface area contributed by atoms with Crippen LogP contribution in [-0.4, -0.2) is 72.2 Å². The molecule has 2 unspecified atom stereocenters. The van der Waals surface area contributed by atoms with Gasteiger partial charge in [-0.2, -0.15) is 0 Å². The minimum atomic E-state index is -0.161. The average Bonchev–Trinajstić information content (AvgIpc) is 2.73. The topological polar surface area (TPSA) is 60.9 Å². The Kier molecular flexibility index (Phi) is 3.97. The van der Waals surface area contributed by atoms with Gasteiger partial charge in [-0.25, -0.2) is 0 Å². The minimum absolute atomic E-state index is 0.0611. The van der Waals surface area contributed by atoms with Crippen LogP contribution in [0.1, 0.15) is 25.7 Å². The van der Waals surface area contributed by atoms with E-state index in [4.69, 9.17) is 0 Å². The smallest absolute Gasteiger partial charge is 0.242 e. The molecule has 2 aliphatic heterocycles. The second-order valence-corrected chi connectivity index (χ2v) is 6.44. The van der Waals surface area contributed by atoms with Crippen molar-refractivity contribution in [1.29, 1.82) is 0 Å². The zero-order valence-corrected chi connectivity index (χ0v) is 12.6. The number of nitrogens with zero attached hydrogens (tertiary/aromatic N) is 3. The standard InChI is InChI=1S/C15H23N3O3/c1-16-6-8-17(9-7-16)13(19)10-18-14(20)11-4-2-3-5-12(11)15(18)21/h11-12H,2-10H2,1H3. The number of hydrogen-bond donors (Lipinski definition) is 0. The van der Waals surface area contributed by atoms with Gasteiger partial charge in [-0.3, -0.25) is 19.3 Å². The maximum Gasteiger partial charge on any atom is 0.242 e. The van der Waals surface area contributed by atoms with Gasteiger partial charge in [0.15, 0.2) is 0 Å². The molecule has 2 saturated heterocycles. The summed E-state index contributed by atoms with van der Waals surface area (Å²) in [6.45, 7) is 2.99. The van der Waals surface area contributed by atoms with Crippen LogP contribution < -0.4 is 0 Å². The molecule has 0 spiro atoms. The van der Waals surface area contributed by atoms with E-state index in [9.17, 15) is 14.4 Å². The van der Waals surface area contributed by atoms with E-state index < -0.39 is 0 Å². The normalized spacial score (nSPS) is 30.7. The molecule has 2 atom stereocenters. The summed E-state index contributed by atoms with van der Waals surface area (Å²) in [5.41, 5.74) is 0. The molecule has 0 bridgehead atoms. The number of piperazine rings is 1. The molecule has 3 aliphatic rings. The Morgan fingerprint density at radius 1 is 1.00 bits per heavy atom. The number of amides is 3. The monoisotopic (exact) mass is 293 g/mol. The lowest BCUT2D eigenvalue weighted by Crippen LogP contribution is -2.50. The molecule has 1 aliphatic carbocycles. The molecule has 6 heteroatoms. The highest BCUT2D eigenvalue weighted by atomic mass is 16.2. The van der Waals surface area contributed by atoms with Crippen LogP contribution in [0.2, 0.25) is 0 Å². The SMILES string of the molecule is CN1CCN(C(=O)CN2C(=O)C3CCCCC3C2=O)CC1. The number of fused-ring (bicyclic) bond motifs is 1. The summed E-state index contributed by atoms with van der Waals surface area (Å²) in [4.78, 5) is 42.2. The fourth-order valence-corrected chi connectivity index (χ4v) is 3.68. The Hall–Kier alpha value is -1.43. The molecule has 2 heterocycles. The molecule has 1 saturated carbocycles. The summed E-state index contributed by atoms with van der Waals surface area (Å²) in [5, 5.41) is 0. The first kappa shape index (κ1) is 14.5. The molecule has 0 radical (unpaired) electrons. The van der Waals surface area contributed by atoms with Crippen molar-refractivity contribution in [3.8, 4) is 0 Å². The number of hydrogen-bond acceptors (Lipinski definition) is 4. The quantitative estimate of drug-likeness (QED) is 0.669. The van der Waals surface area contributed by atoms with Gasteiger partial charge in [0.1, 0.15) is 6.54 Å². The predicted molar refractivity (Wildman–Crippen MR) is 76.2 cm³/mol. The Bertz CT molecular complexity index is 433. The van der Waals surface area contributed by atoms with Gasteiger partial charge < -0.3 is 9.80 Å². The molecule has 0 N–H and O–H groups in total. The third-order valence-electron chi connectivity index (χ3n) is 5.08. The van der Waals surface area contributed by atoms with E-state index >= 15 is 0 Å². The summed E-state index contributed by atoms with van der Waals surface area (Å²) in [6.07, 6.45) is 3.63. The third kappa shape index (κ3) is 2.69. The summed E-state index contributed by atoms with van der Waals surface area (Å²) in [7, 11) is 2.03. The van der Waals surface area contributed by atoms with Crippen LogP contribution in [0, 0.1) is 11.8 Å². The van der Waals surface area contributed by atoms with Gasteiger partial charge in [-0.1, -0.05) is 12.8 Å². The number of rotatable bonds is 2. The van der Waals surface area contributed by atoms with Crippen LogP contribution in [0.15, 0.2) is 0 Å². The van der Waals surface area contributed by atoms with E-state index in [0.29, 0.717) is 13.1 Å². The molecule has 21 heavy (non-hydrogen) atoms. The third-order valence-corrected chi connectivity index (χ3v) is 5.08. The average molecular weight is 293 g/mol. The van der Waals surface area contributed by atoms with Crippen molar-refractivity contribution < 1.29 is 14.4 Å². The number of likely N-dealkylation sites (N-methyl/N-ethyl adjacent to an activating group) is 1. The zero-order chi connectivity index (χ0) is 15.0. The van der Waals surface area contributed by atoms with Gasteiger partial charge in [0.25, 0.3) is 0 Å². The fourth-order valence-electron chi connectivity index (χ4n) is 3.68. The van der Waals surface area contributed by atoms with Crippen LogP contribution in [0.4, 0.5) is 0 Å². The Morgan fingerprint density at radius 2 is 1.52 bits per heavy atom. The van der Waals surface area contributed by atoms with Crippen molar-refractivity contribution in [3.63, 3.8) is 0 Å². The molecule has 3 amide bonds. The largest absolute Gasteiger partial charge is 0.339 e. The van der Waals surface area contributed by atoms with Crippen LogP contribution in [0.5, 0.6) is 0 Å². The van der Waals surface area contributed by atoms with Gasteiger partial charge in [-0.05, 0) is 19.9 Å². The van der Waals surface area contributed by atoms with Gasteiger partial charge in [0.05, 0.1) is 11.8 Å². The highest BCUT2D eigenvalue weighted by molar-refractivity contribution is 6.07. The number of likely N-dealkylation sites (tertiary alicyclic amines) is 1. The first-order valence-electron chi connectivity index (χ1n) is 7.89. The summed E-state index contributed by atoms with van der Waals surface area (Å²) in [5.74, 6) is -0.652. The van der Waals surface area contributed by atoms with Crippen LogP contribution in [0.3, 0.4) is 0 Å². The molecule has 0 aromatic heterocycles. The molecule has 0 aromatic rings. The minimum Gasteiger partial charge on any atom is -0.339 e. The Labute approximate surface area is 125 Å². The molecule has 0 aromatic carbocycles. The molecular weight excluding hydrogens is 270 g/mol. The van der Waals surface area contributed by atoms with Crippen LogP contribution >= 0.6 is 0 Å². The van der Waals surface area contributed by atoms with Crippen LogP contribution in [0.25, 0.3) is 0 Å². The van der Waals surface area contributed by atoms with E-state index in [1.165, 1.54) is 4.90 Å². The van der Waals surface area contributed by atoms with E-state index in [1.807, 2.05) is 7.05 Å². The molecule has 3 rings (SSSR count). The number of imide groups is 1. The lowest BCUT2D eigenvalue weighted by atomic mass is 9.81. The summed E-state index contributed by atoms with van der Waals surface area (Å²) < 4.78 is 0. The van der Waals surface area contributed by atoms with Gasteiger partial charge in [0.2, 0.25) is 17.7 Å². The van der Waals surface area contributed by atoms with Crippen molar-refractivity contribution in [2.24, 2.45) is 11.8 Å². The highest BCUT2D eigenvalue weighted by Gasteiger charge is 2.48. The van der Waals surface area contributed by atoms with Crippen molar-refractivity contribution in [2.75, 3.05) is 39.8 Å². The Morgan fingerprint density at radius 3 is 2.05 bits per heavy atom. The van der Waals surface area contributed by atoms with Gasteiger partial charge >= 0.3 is 0 Å². The molecule has 3 fully saturated rings. The van der Waals surface area contributed by atoms with Gasteiger partial charge in [-0.15, -0.1) is 0 Å².